The van der Waals surface area contributed by atoms with Crippen LogP contribution in [0.3, 0.4) is 0 Å². The molecule has 0 saturated heterocycles. The lowest BCUT2D eigenvalue weighted by molar-refractivity contribution is 0.624. The lowest BCUT2D eigenvalue weighted by Gasteiger charge is -2.06. The van der Waals surface area contributed by atoms with Gasteiger partial charge in [-0.1, -0.05) is 11.6 Å². The normalized spacial score (nSPS) is 10.8. The standard InChI is InChI=1S/C13H8ClF2N5/c14-8-3-10(16)6-12(4-8)21-13(18-19-20-21)7-1-9(15)5-11(17)2-7/h1-6H,17H2. The van der Waals surface area contributed by atoms with Gasteiger partial charge in [0.2, 0.25) is 0 Å². The van der Waals surface area contributed by atoms with Crippen molar-refractivity contribution in [1.29, 1.82) is 0 Å². The van der Waals surface area contributed by atoms with E-state index in [2.05, 4.69) is 15.5 Å². The van der Waals surface area contributed by atoms with Crippen molar-refractivity contribution in [3.63, 3.8) is 0 Å². The number of nitrogens with zero attached hydrogens (tertiary/aromatic N) is 4. The molecule has 5 nitrogen and oxygen atoms in total. The van der Waals surface area contributed by atoms with Crippen molar-refractivity contribution in [2.24, 2.45) is 0 Å². The number of nitrogens with two attached hydrogens (primary N) is 1. The number of tetrazole rings is 1. The maximum Gasteiger partial charge on any atom is 0.187 e. The van der Waals surface area contributed by atoms with E-state index in [1.807, 2.05) is 0 Å². The summed E-state index contributed by atoms with van der Waals surface area (Å²) < 4.78 is 28.1. The quantitative estimate of drug-likeness (QED) is 0.739. The van der Waals surface area contributed by atoms with Crippen LogP contribution in [-0.4, -0.2) is 20.2 Å². The average molecular weight is 308 g/mol. The van der Waals surface area contributed by atoms with Crippen molar-refractivity contribution in [3.05, 3.63) is 53.1 Å². The van der Waals surface area contributed by atoms with Crippen LogP contribution in [0.15, 0.2) is 36.4 Å². The number of halogens is 3. The first-order chi connectivity index (χ1) is 10.0. The molecule has 0 aliphatic rings. The van der Waals surface area contributed by atoms with Crippen LogP contribution in [0.2, 0.25) is 5.02 Å². The smallest absolute Gasteiger partial charge is 0.187 e. The molecule has 0 spiro atoms. The van der Waals surface area contributed by atoms with Crippen molar-refractivity contribution in [1.82, 2.24) is 20.2 Å². The molecule has 0 atom stereocenters. The summed E-state index contributed by atoms with van der Waals surface area (Å²) in [6.07, 6.45) is 0. The van der Waals surface area contributed by atoms with Gasteiger partial charge in [0.15, 0.2) is 5.82 Å². The highest BCUT2D eigenvalue weighted by Gasteiger charge is 2.13. The van der Waals surface area contributed by atoms with Gasteiger partial charge in [0.05, 0.1) is 5.69 Å². The predicted octanol–water partition coefficient (Wildman–Crippen LogP) is 2.84. The Morgan fingerprint density at radius 2 is 1.76 bits per heavy atom. The molecule has 106 valence electrons. The number of anilines is 1. The van der Waals surface area contributed by atoms with Crippen LogP contribution < -0.4 is 5.73 Å². The van der Waals surface area contributed by atoms with Crippen molar-refractivity contribution >= 4 is 17.3 Å². The Balaban J connectivity index is 2.16. The Morgan fingerprint density at radius 1 is 1.00 bits per heavy atom. The number of hydrogen-bond donors (Lipinski definition) is 1. The van der Waals surface area contributed by atoms with E-state index in [-0.39, 0.29) is 16.5 Å². The number of benzene rings is 2. The Morgan fingerprint density at radius 3 is 2.48 bits per heavy atom. The van der Waals surface area contributed by atoms with Gasteiger partial charge in [-0.15, -0.1) is 5.10 Å². The zero-order chi connectivity index (χ0) is 15.0. The van der Waals surface area contributed by atoms with Crippen molar-refractivity contribution in [2.45, 2.75) is 0 Å². The molecule has 2 aromatic carbocycles. The maximum atomic E-state index is 13.4. The molecule has 21 heavy (non-hydrogen) atoms. The zero-order valence-corrected chi connectivity index (χ0v) is 11.2. The average Bonchev–Trinajstić information content (AvgIpc) is 2.85. The van der Waals surface area contributed by atoms with Crippen LogP contribution in [0.25, 0.3) is 17.1 Å². The van der Waals surface area contributed by atoms with Crippen LogP contribution in [0.5, 0.6) is 0 Å². The summed E-state index contributed by atoms with van der Waals surface area (Å²) in [5.74, 6) is -0.822. The van der Waals surface area contributed by atoms with Gasteiger partial charge in [0.25, 0.3) is 0 Å². The second kappa shape index (κ2) is 5.10. The third-order valence-electron chi connectivity index (χ3n) is 2.74. The van der Waals surface area contributed by atoms with Crippen LogP contribution >= 0.6 is 11.6 Å². The summed E-state index contributed by atoms with van der Waals surface area (Å²) in [6, 6.07) is 7.80. The molecule has 0 aliphatic heterocycles. The van der Waals surface area contributed by atoms with E-state index in [1.165, 1.54) is 35.0 Å². The van der Waals surface area contributed by atoms with E-state index >= 15 is 0 Å². The number of nitrogen functional groups attached to an aromatic ring is 1. The lowest BCUT2D eigenvalue weighted by atomic mass is 10.2. The topological polar surface area (TPSA) is 69.6 Å². The summed E-state index contributed by atoms with van der Waals surface area (Å²) in [7, 11) is 0. The van der Waals surface area contributed by atoms with Crippen molar-refractivity contribution in [3.8, 4) is 17.1 Å². The highest BCUT2D eigenvalue weighted by atomic mass is 35.5. The molecule has 3 rings (SSSR count). The molecular formula is C13H8ClF2N5. The largest absolute Gasteiger partial charge is 0.399 e. The molecule has 1 heterocycles. The molecule has 0 saturated carbocycles. The molecule has 8 heteroatoms. The Hall–Kier alpha value is -2.54. The molecule has 0 aliphatic carbocycles. The lowest BCUT2D eigenvalue weighted by Crippen LogP contribution is -2.01. The molecule has 1 aromatic heterocycles. The third kappa shape index (κ3) is 2.68. The predicted molar refractivity (Wildman–Crippen MR) is 73.9 cm³/mol. The second-order valence-electron chi connectivity index (χ2n) is 4.32. The Kier molecular flexibility index (Phi) is 3.26. The molecule has 0 fully saturated rings. The van der Waals surface area contributed by atoms with Crippen LogP contribution in [0.4, 0.5) is 14.5 Å². The first-order valence-corrected chi connectivity index (χ1v) is 6.22. The molecule has 2 N–H and O–H groups in total. The van der Waals surface area contributed by atoms with E-state index in [0.717, 1.165) is 6.07 Å². The first kappa shape index (κ1) is 13.4. The third-order valence-corrected chi connectivity index (χ3v) is 2.96. The Labute approximate surface area is 123 Å². The van der Waals surface area contributed by atoms with Gasteiger partial charge in [0.1, 0.15) is 11.6 Å². The minimum Gasteiger partial charge on any atom is -0.399 e. The highest BCUT2D eigenvalue weighted by Crippen LogP contribution is 2.24. The monoisotopic (exact) mass is 307 g/mol. The Bertz CT molecular complexity index is 712. The van der Waals surface area contributed by atoms with Gasteiger partial charge < -0.3 is 5.73 Å². The summed E-state index contributed by atoms with van der Waals surface area (Å²) in [5.41, 5.74) is 6.53. The van der Waals surface area contributed by atoms with E-state index in [0.29, 0.717) is 11.3 Å². The molecule has 0 radical (unpaired) electrons. The van der Waals surface area contributed by atoms with Gasteiger partial charge in [-0.2, -0.15) is 4.68 Å². The molecule has 0 unspecified atom stereocenters. The van der Waals surface area contributed by atoms with E-state index < -0.39 is 11.6 Å². The summed E-state index contributed by atoms with van der Waals surface area (Å²) in [5, 5.41) is 11.3. The van der Waals surface area contributed by atoms with Gasteiger partial charge in [-0.3, -0.25) is 0 Å². The van der Waals surface area contributed by atoms with Crippen LogP contribution in [0, 0.1) is 11.6 Å². The van der Waals surface area contributed by atoms with Crippen LogP contribution in [-0.2, 0) is 0 Å². The maximum absolute atomic E-state index is 13.4. The van der Waals surface area contributed by atoms with Gasteiger partial charge in [-0.25, -0.2) is 8.78 Å². The van der Waals surface area contributed by atoms with Crippen LogP contribution in [0.1, 0.15) is 0 Å². The number of aromatic nitrogens is 4. The van der Waals surface area contributed by atoms with E-state index in [1.54, 1.807) is 0 Å². The summed E-state index contributed by atoms with van der Waals surface area (Å²) in [4.78, 5) is 0. The van der Waals surface area contributed by atoms with Gasteiger partial charge >= 0.3 is 0 Å². The number of hydrogen-bond acceptors (Lipinski definition) is 4. The second-order valence-corrected chi connectivity index (χ2v) is 4.75. The SMILES string of the molecule is Nc1cc(F)cc(-c2nnnn2-c2cc(F)cc(Cl)c2)c1. The minimum atomic E-state index is -0.530. The molecular weight excluding hydrogens is 300 g/mol. The molecule has 0 amide bonds. The first-order valence-electron chi connectivity index (χ1n) is 5.84. The van der Waals surface area contributed by atoms with Crippen molar-refractivity contribution < 1.29 is 8.78 Å². The highest BCUT2D eigenvalue weighted by molar-refractivity contribution is 6.30. The molecule has 3 aromatic rings. The van der Waals surface area contributed by atoms with E-state index in [4.69, 9.17) is 17.3 Å². The summed E-state index contributed by atoms with van der Waals surface area (Å²) >= 11 is 5.81. The van der Waals surface area contributed by atoms with Gasteiger partial charge in [-0.05, 0) is 46.8 Å². The van der Waals surface area contributed by atoms with E-state index in [9.17, 15) is 8.78 Å². The van der Waals surface area contributed by atoms with Crippen molar-refractivity contribution in [2.75, 3.05) is 5.73 Å². The fourth-order valence-electron chi connectivity index (χ4n) is 1.94. The minimum absolute atomic E-state index is 0.199. The zero-order valence-electron chi connectivity index (χ0n) is 10.5. The van der Waals surface area contributed by atoms with Gasteiger partial charge in [0, 0.05) is 16.3 Å². The fraction of sp³-hybridized carbons (Fsp3) is 0. The fourth-order valence-corrected chi connectivity index (χ4v) is 2.16. The molecule has 0 bridgehead atoms. The summed E-state index contributed by atoms with van der Waals surface area (Å²) in [6.45, 7) is 0. The number of rotatable bonds is 2.